The van der Waals surface area contributed by atoms with Gasteiger partial charge in [-0.25, -0.2) is 17.6 Å². The van der Waals surface area contributed by atoms with Gasteiger partial charge in [0.15, 0.2) is 11.2 Å². The number of aryl methyl sites for hydroxylation is 1. The van der Waals surface area contributed by atoms with E-state index in [4.69, 9.17) is 0 Å². The molecule has 148 valence electrons. The Bertz CT molecular complexity index is 1320. The highest BCUT2D eigenvalue weighted by atomic mass is 32.2. The molecule has 0 spiro atoms. The van der Waals surface area contributed by atoms with E-state index in [1.54, 1.807) is 6.07 Å². The summed E-state index contributed by atoms with van der Waals surface area (Å²) in [4.78, 5) is 29.5. The molecule has 28 heavy (non-hydrogen) atoms. The quantitative estimate of drug-likeness (QED) is 0.625. The summed E-state index contributed by atoms with van der Waals surface area (Å²) in [6, 6.07) is 5.71. The maximum absolute atomic E-state index is 13.5. The highest BCUT2D eigenvalue weighted by Gasteiger charge is 2.33. The Kier molecular flexibility index (Phi) is 4.25. The average molecular weight is 406 g/mol. The molecule has 0 atom stereocenters. The van der Waals surface area contributed by atoms with Gasteiger partial charge in [-0.2, -0.15) is 4.98 Å². The van der Waals surface area contributed by atoms with Crippen LogP contribution in [-0.4, -0.2) is 32.9 Å². The first kappa shape index (κ1) is 18.6. The Morgan fingerprint density at radius 3 is 2.54 bits per heavy atom. The molecule has 4 rings (SSSR count). The van der Waals surface area contributed by atoms with E-state index in [1.165, 1.54) is 41.4 Å². The zero-order valence-electron chi connectivity index (χ0n) is 15.4. The Balaban J connectivity index is 1.96. The number of hydrogen-bond donors (Lipinski definition) is 0. The van der Waals surface area contributed by atoms with Gasteiger partial charge >= 0.3 is 5.69 Å². The molecule has 0 saturated heterocycles. The van der Waals surface area contributed by atoms with Crippen LogP contribution in [0.5, 0.6) is 0 Å². The zero-order valence-corrected chi connectivity index (χ0v) is 16.2. The van der Waals surface area contributed by atoms with E-state index in [1.807, 2.05) is 0 Å². The van der Waals surface area contributed by atoms with Crippen molar-refractivity contribution in [1.82, 2.24) is 18.7 Å². The van der Waals surface area contributed by atoms with Crippen LogP contribution >= 0.6 is 0 Å². The van der Waals surface area contributed by atoms with Crippen LogP contribution in [-0.2, 0) is 30.5 Å². The standard InChI is InChI=1S/C18H19FN4O4S/c1-21-14-15(20-17(21)28(26,27)10-11-6-7-11)23(18(25)22(2)16(14)24)9-12-4-3-5-13(19)8-12/h3-5,8,11H,6-7,9-10H2,1-2H3. The summed E-state index contributed by atoms with van der Waals surface area (Å²) >= 11 is 0. The smallest absolute Gasteiger partial charge is 0.312 e. The second-order valence-corrected chi connectivity index (χ2v) is 9.14. The zero-order chi connectivity index (χ0) is 20.2. The number of benzene rings is 1. The van der Waals surface area contributed by atoms with Crippen molar-refractivity contribution in [1.29, 1.82) is 0 Å². The molecule has 10 heteroatoms. The summed E-state index contributed by atoms with van der Waals surface area (Å²) in [5, 5.41) is -0.231. The molecule has 2 heterocycles. The molecule has 0 amide bonds. The van der Waals surface area contributed by atoms with Crippen LogP contribution < -0.4 is 11.2 Å². The van der Waals surface area contributed by atoms with Gasteiger partial charge in [-0.15, -0.1) is 0 Å². The summed E-state index contributed by atoms with van der Waals surface area (Å²) in [5.74, 6) is -0.374. The fourth-order valence-corrected chi connectivity index (χ4v) is 5.15. The predicted octanol–water partition coefficient (Wildman–Crippen LogP) is 0.805. The van der Waals surface area contributed by atoms with Crippen molar-refractivity contribution >= 4 is 21.0 Å². The van der Waals surface area contributed by atoms with Gasteiger partial charge in [-0.3, -0.25) is 13.9 Å². The van der Waals surface area contributed by atoms with Crippen LogP contribution in [0.3, 0.4) is 0 Å². The van der Waals surface area contributed by atoms with E-state index in [-0.39, 0.29) is 34.5 Å². The molecule has 1 aromatic carbocycles. The first-order valence-corrected chi connectivity index (χ1v) is 10.5. The van der Waals surface area contributed by atoms with Crippen LogP contribution in [0.1, 0.15) is 18.4 Å². The van der Waals surface area contributed by atoms with E-state index in [0.29, 0.717) is 5.56 Å². The number of fused-ring (bicyclic) bond motifs is 1. The van der Waals surface area contributed by atoms with Crippen molar-refractivity contribution in [3.63, 3.8) is 0 Å². The van der Waals surface area contributed by atoms with Crippen molar-refractivity contribution in [2.75, 3.05) is 5.75 Å². The molecule has 1 aliphatic carbocycles. The van der Waals surface area contributed by atoms with Crippen LogP contribution in [0.15, 0.2) is 39.0 Å². The number of nitrogens with zero attached hydrogens (tertiary/aromatic N) is 4. The highest BCUT2D eigenvalue weighted by molar-refractivity contribution is 7.91. The molecule has 0 N–H and O–H groups in total. The van der Waals surface area contributed by atoms with Gasteiger partial charge in [0, 0.05) is 14.1 Å². The third kappa shape index (κ3) is 3.07. The fourth-order valence-electron chi connectivity index (χ4n) is 3.32. The molecular weight excluding hydrogens is 387 g/mol. The molecule has 1 aliphatic rings. The minimum Gasteiger partial charge on any atom is -0.312 e. The second kappa shape index (κ2) is 6.40. The lowest BCUT2D eigenvalue weighted by Gasteiger charge is -2.09. The number of aromatic nitrogens is 4. The molecule has 2 aromatic heterocycles. The summed E-state index contributed by atoms with van der Waals surface area (Å²) in [7, 11) is -0.931. The predicted molar refractivity (Wildman–Crippen MR) is 100 cm³/mol. The average Bonchev–Trinajstić information content (AvgIpc) is 3.36. The van der Waals surface area contributed by atoms with Crippen molar-refractivity contribution < 1.29 is 12.8 Å². The van der Waals surface area contributed by atoms with Gasteiger partial charge in [0.25, 0.3) is 5.56 Å². The molecule has 0 aliphatic heterocycles. The number of imidazole rings is 1. The molecule has 3 aromatic rings. The van der Waals surface area contributed by atoms with Crippen LogP contribution in [0, 0.1) is 11.7 Å². The van der Waals surface area contributed by atoms with Crippen molar-refractivity contribution in [3.8, 4) is 0 Å². The van der Waals surface area contributed by atoms with E-state index in [9.17, 15) is 22.4 Å². The summed E-state index contributed by atoms with van der Waals surface area (Å²) in [6.45, 7) is -0.0413. The summed E-state index contributed by atoms with van der Waals surface area (Å²) in [5.41, 5.74) is -0.776. The van der Waals surface area contributed by atoms with Crippen LogP contribution in [0.4, 0.5) is 4.39 Å². The lowest BCUT2D eigenvalue weighted by molar-refractivity contribution is 0.576. The van der Waals surface area contributed by atoms with Gasteiger partial charge in [0.05, 0.1) is 12.3 Å². The van der Waals surface area contributed by atoms with Gasteiger partial charge < -0.3 is 4.57 Å². The largest absolute Gasteiger partial charge is 0.332 e. The molecular formula is C18H19FN4O4S. The summed E-state index contributed by atoms with van der Waals surface area (Å²) < 4.78 is 42.3. The normalized spacial score (nSPS) is 14.7. The number of rotatable bonds is 5. The van der Waals surface area contributed by atoms with Gasteiger partial charge in [-0.05, 0) is 36.5 Å². The number of halogens is 1. The van der Waals surface area contributed by atoms with Crippen molar-refractivity contribution in [2.24, 2.45) is 20.0 Å². The fraction of sp³-hybridized carbons (Fsp3) is 0.389. The van der Waals surface area contributed by atoms with E-state index < -0.39 is 26.9 Å². The highest BCUT2D eigenvalue weighted by Crippen LogP contribution is 2.32. The van der Waals surface area contributed by atoms with Gasteiger partial charge in [-0.1, -0.05) is 12.1 Å². The maximum atomic E-state index is 13.5. The van der Waals surface area contributed by atoms with E-state index in [2.05, 4.69) is 4.98 Å². The minimum absolute atomic E-state index is 0.0192. The Morgan fingerprint density at radius 2 is 1.89 bits per heavy atom. The third-order valence-corrected chi connectivity index (χ3v) is 6.81. The first-order valence-electron chi connectivity index (χ1n) is 8.82. The topological polar surface area (TPSA) is 96.0 Å². The molecule has 0 bridgehead atoms. The lowest BCUT2D eigenvalue weighted by atomic mass is 10.2. The van der Waals surface area contributed by atoms with Crippen molar-refractivity contribution in [2.45, 2.75) is 24.5 Å². The second-order valence-electron chi connectivity index (χ2n) is 7.21. The molecule has 8 nitrogen and oxygen atoms in total. The monoisotopic (exact) mass is 406 g/mol. The van der Waals surface area contributed by atoms with E-state index in [0.717, 1.165) is 17.4 Å². The molecule has 0 unspecified atom stereocenters. The number of sulfone groups is 1. The van der Waals surface area contributed by atoms with Crippen LogP contribution in [0.25, 0.3) is 11.2 Å². The minimum atomic E-state index is -3.70. The lowest BCUT2D eigenvalue weighted by Crippen LogP contribution is -2.38. The Morgan fingerprint density at radius 1 is 1.18 bits per heavy atom. The third-order valence-electron chi connectivity index (χ3n) is 4.98. The van der Waals surface area contributed by atoms with Gasteiger partial charge in [0.1, 0.15) is 5.82 Å². The Hall–Kier alpha value is -2.75. The molecule has 1 saturated carbocycles. The Labute approximate surface area is 159 Å². The summed E-state index contributed by atoms with van der Waals surface area (Å²) in [6.07, 6.45) is 1.71. The molecule has 0 radical (unpaired) electrons. The van der Waals surface area contributed by atoms with Crippen molar-refractivity contribution in [3.05, 3.63) is 56.5 Å². The molecule has 1 fully saturated rings. The number of hydrogen-bond acceptors (Lipinski definition) is 5. The van der Waals surface area contributed by atoms with Gasteiger partial charge in [0.2, 0.25) is 15.0 Å². The SMILES string of the molecule is Cn1c(=O)c2c(nc(S(=O)(=O)CC3CC3)n2C)n(Cc2cccc(F)c2)c1=O. The van der Waals surface area contributed by atoms with Crippen LogP contribution in [0.2, 0.25) is 0 Å². The van der Waals surface area contributed by atoms with E-state index >= 15 is 0 Å². The maximum Gasteiger partial charge on any atom is 0.332 e. The first-order chi connectivity index (χ1) is 13.2.